The molecule has 1 N–H and O–H groups in total. The first kappa shape index (κ1) is 22.5. The molecule has 162 valence electrons. The molecule has 3 rings (SSSR count). The van der Waals surface area contributed by atoms with E-state index in [-0.39, 0.29) is 34.5 Å². The molecule has 0 unspecified atom stereocenters. The van der Waals surface area contributed by atoms with Crippen molar-refractivity contribution in [1.29, 1.82) is 0 Å². The molecule has 0 radical (unpaired) electrons. The molecule has 1 saturated heterocycles. The third-order valence-electron chi connectivity index (χ3n) is 5.92. The quantitative estimate of drug-likeness (QED) is 0.773. The summed E-state index contributed by atoms with van der Waals surface area (Å²) in [6.07, 6.45) is 0. The highest BCUT2D eigenvalue weighted by Crippen LogP contribution is 2.36. The lowest BCUT2D eigenvalue weighted by Gasteiger charge is -2.32. The van der Waals surface area contributed by atoms with Gasteiger partial charge in [-0.25, -0.2) is 0 Å². The van der Waals surface area contributed by atoms with E-state index < -0.39 is 7.12 Å². The Bertz CT molecular complexity index is 930. The predicted octanol–water partition coefficient (Wildman–Crippen LogP) is 3.47. The van der Waals surface area contributed by atoms with Crippen LogP contribution in [0, 0.1) is 6.92 Å². The molecule has 30 heavy (non-hydrogen) atoms. The number of aromatic nitrogens is 2. The normalized spacial score (nSPS) is 19.0. The minimum absolute atomic E-state index is 0.0294. The summed E-state index contributed by atoms with van der Waals surface area (Å²) in [7, 11) is -0.415. The Morgan fingerprint density at radius 2 is 1.73 bits per heavy atom. The van der Waals surface area contributed by atoms with Crippen molar-refractivity contribution in [3.63, 3.8) is 0 Å². The molecule has 8 heteroatoms. The largest absolute Gasteiger partial charge is 0.494 e. The molecule has 1 aliphatic rings. The lowest BCUT2D eigenvalue weighted by Crippen LogP contribution is -2.41. The number of nitrogens with one attached hydrogen (secondary N) is 1. The van der Waals surface area contributed by atoms with Crippen LogP contribution in [0.15, 0.2) is 22.7 Å². The van der Waals surface area contributed by atoms with Crippen molar-refractivity contribution in [3.8, 4) is 0 Å². The highest BCUT2D eigenvalue weighted by atomic mass is 16.7. The number of hydrogen-bond acceptors (Lipinski definition) is 6. The summed E-state index contributed by atoms with van der Waals surface area (Å²) in [5.74, 6) is 0.0847. The highest BCUT2D eigenvalue weighted by Gasteiger charge is 2.51. The van der Waals surface area contributed by atoms with E-state index in [9.17, 15) is 4.79 Å². The van der Waals surface area contributed by atoms with E-state index in [4.69, 9.17) is 13.8 Å². The van der Waals surface area contributed by atoms with Crippen LogP contribution in [0.2, 0.25) is 0 Å². The maximum Gasteiger partial charge on any atom is 0.494 e. The van der Waals surface area contributed by atoms with E-state index in [2.05, 4.69) is 15.5 Å². The van der Waals surface area contributed by atoms with Gasteiger partial charge < -0.3 is 19.1 Å². The van der Waals surface area contributed by atoms with Crippen LogP contribution < -0.4 is 10.8 Å². The van der Waals surface area contributed by atoms with Gasteiger partial charge in [0.15, 0.2) is 5.82 Å². The number of aryl methyl sites for hydroxylation is 1. The Balaban J connectivity index is 1.72. The fourth-order valence-electron chi connectivity index (χ4n) is 3.27. The van der Waals surface area contributed by atoms with Gasteiger partial charge in [-0.15, -0.1) is 0 Å². The average molecular weight is 413 g/mol. The van der Waals surface area contributed by atoms with Crippen molar-refractivity contribution in [2.24, 2.45) is 0 Å². The number of carbonyl (C=O) groups is 1. The number of benzene rings is 1. The van der Waals surface area contributed by atoms with Crippen LogP contribution in [0.25, 0.3) is 0 Å². The summed E-state index contributed by atoms with van der Waals surface area (Å²) >= 11 is 0. The Hall–Kier alpha value is -2.19. The molecule has 0 spiro atoms. The molecular weight excluding hydrogens is 381 g/mol. The molecular formula is C22H32BN3O4. The van der Waals surface area contributed by atoms with Gasteiger partial charge in [-0.1, -0.05) is 44.1 Å². The minimum Gasteiger partial charge on any atom is -0.399 e. The Morgan fingerprint density at radius 1 is 1.13 bits per heavy atom. The highest BCUT2D eigenvalue weighted by molar-refractivity contribution is 6.62. The lowest BCUT2D eigenvalue weighted by molar-refractivity contribution is 0.00578. The molecule has 0 saturated carbocycles. The average Bonchev–Trinajstić information content (AvgIpc) is 3.18. The molecule has 0 bridgehead atoms. The second-order valence-corrected chi connectivity index (χ2v) is 10.1. The SMILES string of the molecule is Cc1cc(B2OC(C)(C)C(C)(C)O2)ccc1[C@@H](C)NC(=O)c1nc(C(C)(C)C)no1. The summed E-state index contributed by atoms with van der Waals surface area (Å²) in [5.41, 5.74) is 1.94. The summed E-state index contributed by atoms with van der Waals surface area (Å²) in [6.45, 7) is 18.0. The van der Waals surface area contributed by atoms with Gasteiger partial charge in [-0.2, -0.15) is 4.98 Å². The zero-order valence-corrected chi connectivity index (χ0v) is 19.4. The molecule has 7 nitrogen and oxygen atoms in total. The Morgan fingerprint density at radius 3 is 2.23 bits per heavy atom. The first-order valence-corrected chi connectivity index (χ1v) is 10.3. The number of rotatable bonds is 4. The van der Waals surface area contributed by atoms with Gasteiger partial charge in [0.25, 0.3) is 0 Å². The first-order chi connectivity index (χ1) is 13.7. The minimum atomic E-state index is -0.415. The second kappa shape index (κ2) is 7.50. The topological polar surface area (TPSA) is 86.5 Å². The number of nitrogens with zero attached hydrogens (tertiary/aromatic N) is 2. The molecule has 1 amide bonds. The van der Waals surface area contributed by atoms with Crippen molar-refractivity contribution in [3.05, 3.63) is 41.0 Å². The predicted molar refractivity (Wildman–Crippen MR) is 116 cm³/mol. The van der Waals surface area contributed by atoms with Crippen LogP contribution in [0.1, 0.15) is 89.1 Å². The molecule has 1 fully saturated rings. The zero-order valence-electron chi connectivity index (χ0n) is 19.4. The third kappa shape index (κ3) is 4.30. The lowest BCUT2D eigenvalue weighted by atomic mass is 9.77. The standard InChI is InChI=1S/C22H32BN3O4/c1-13-12-15(23-29-21(6,7)22(8,9)30-23)10-11-16(13)14(2)24-17(27)18-25-19(26-28-18)20(3,4)5/h10-12,14H,1-9H3,(H,24,27)/t14-/m1/s1. The smallest absolute Gasteiger partial charge is 0.399 e. The summed E-state index contributed by atoms with van der Waals surface area (Å²) in [6, 6.07) is 5.80. The zero-order chi connectivity index (χ0) is 22.5. The van der Waals surface area contributed by atoms with Crippen LogP contribution in [0.5, 0.6) is 0 Å². The molecule has 1 aromatic heterocycles. The van der Waals surface area contributed by atoms with E-state index >= 15 is 0 Å². The Labute approximate surface area is 179 Å². The summed E-state index contributed by atoms with van der Waals surface area (Å²) in [5, 5.41) is 6.85. The molecule has 2 aromatic rings. The third-order valence-corrected chi connectivity index (χ3v) is 5.92. The van der Waals surface area contributed by atoms with Crippen molar-refractivity contribution in [2.45, 2.75) is 85.0 Å². The Kier molecular flexibility index (Phi) is 5.62. The van der Waals surface area contributed by atoms with Gasteiger partial charge in [-0.3, -0.25) is 4.79 Å². The molecule has 1 aliphatic heterocycles. The van der Waals surface area contributed by atoms with Gasteiger partial charge in [-0.05, 0) is 58.1 Å². The summed E-state index contributed by atoms with van der Waals surface area (Å²) in [4.78, 5) is 16.8. The van der Waals surface area contributed by atoms with Crippen molar-refractivity contribution in [1.82, 2.24) is 15.5 Å². The molecule has 0 aliphatic carbocycles. The van der Waals surface area contributed by atoms with Crippen LogP contribution in [0.3, 0.4) is 0 Å². The van der Waals surface area contributed by atoms with Crippen molar-refractivity contribution < 1.29 is 18.6 Å². The maximum atomic E-state index is 12.6. The van der Waals surface area contributed by atoms with Crippen LogP contribution in [-0.2, 0) is 14.7 Å². The van der Waals surface area contributed by atoms with Crippen LogP contribution in [0.4, 0.5) is 0 Å². The second-order valence-electron chi connectivity index (χ2n) is 10.1. The maximum absolute atomic E-state index is 12.6. The number of carbonyl (C=O) groups excluding carboxylic acids is 1. The molecule has 1 aromatic carbocycles. The van der Waals surface area contributed by atoms with Crippen molar-refractivity contribution in [2.75, 3.05) is 0 Å². The van der Waals surface area contributed by atoms with Gasteiger partial charge in [0.2, 0.25) is 0 Å². The van der Waals surface area contributed by atoms with E-state index in [1.165, 1.54) is 0 Å². The van der Waals surface area contributed by atoms with E-state index in [0.29, 0.717) is 5.82 Å². The molecule has 1 atom stereocenters. The van der Waals surface area contributed by atoms with E-state index in [0.717, 1.165) is 16.6 Å². The molecule has 2 heterocycles. The number of hydrogen-bond donors (Lipinski definition) is 1. The van der Waals surface area contributed by atoms with Gasteiger partial charge >= 0.3 is 18.9 Å². The summed E-state index contributed by atoms with van der Waals surface area (Å²) < 4.78 is 17.4. The van der Waals surface area contributed by atoms with Crippen molar-refractivity contribution >= 4 is 18.5 Å². The number of amides is 1. The van der Waals surface area contributed by atoms with Gasteiger partial charge in [0.1, 0.15) is 0 Å². The first-order valence-electron chi connectivity index (χ1n) is 10.3. The van der Waals surface area contributed by atoms with E-state index in [1.807, 2.05) is 80.5 Å². The van der Waals surface area contributed by atoms with Crippen LogP contribution in [-0.4, -0.2) is 34.4 Å². The fourth-order valence-corrected chi connectivity index (χ4v) is 3.27. The van der Waals surface area contributed by atoms with Gasteiger partial charge in [0, 0.05) is 5.41 Å². The van der Waals surface area contributed by atoms with E-state index in [1.54, 1.807) is 0 Å². The monoisotopic (exact) mass is 413 g/mol. The van der Waals surface area contributed by atoms with Gasteiger partial charge in [0.05, 0.1) is 17.2 Å². The van der Waals surface area contributed by atoms with Crippen LogP contribution >= 0.6 is 0 Å². The fraction of sp³-hybridized carbons (Fsp3) is 0.591.